The fraction of sp³-hybridized carbons (Fsp3) is 0.190. The highest BCUT2D eigenvalue weighted by molar-refractivity contribution is 6.34. The molecule has 0 bridgehead atoms. The van der Waals surface area contributed by atoms with Crippen LogP contribution >= 0.6 is 11.6 Å². The quantitative estimate of drug-likeness (QED) is 0.575. The highest BCUT2D eigenvalue weighted by Crippen LogP contribution is 2.23. The largest absolute Gasteiger partial charge is 0.341 e. The van der Waals surface area contributed by atoms with E-state index in [4.69, 9.17) is 11.6 Å². The molecule has 0 aliphatic carbocycles. The van der Waals surface area contributed by atoms with Crippen LogP contribution in [0, 0.1) is 0 Å². The summed E-state index contributed by atoms with van der Waals surface area (Å²) in [4.78, 5) is 23.3. The molecule has 7 nitrogen and oxygen atoms in total. The third-order valence-corrected chi connectivity index (χ3v) is 4.77. The minimum atomic E-state index is -0.378. The van der Waals surface area contributed by atoms with Crippen LogP contribution in [-0.4, -0.2) is 29.0 Å². The minimum Gasteiger partial charge on any atom is -0.341 e. The Labute approximate surface area is 173 Å². The van der Waals surface area contributed by atoms with E-state index in [2.05, 4.69) is 30.4 Å². The molecule has 2 heterocycles. The lowest BCUT2D eigenvalue weighted by Gasteiger charge is -2.16. The lowest BCUT2D eigenvalue weighted by Crippen LogP contribution is -2.23. The predicted molar refractivity (Wildman–Crippen MR) is 114 cm³/mol. The van der Waals surface area contributed by atoms with Crippen LogP contribution in [-0.2, 0) is 0 Å². The first-order valence-electron chi connectivity index (χ1n) is 9.35. The summed E-state index contributed by atoms with van der Waals surface area (Å²) in [5.74, 6) is 0.158. The first kappa shape index (κ1) is 19.0. The maximum atomic E-state index is 12.7. The number of benzene rings is 2. The molecule has 1 aromatic heterocycles. The molecule has 29 heavy (non-hydrogen) atoms. The summed E-state index contributed by atoms with van der Waals surface area (Å²) in [6.07, 6.45) is 3.67. The molecule has 3 aromatic rings. The Bertz CT molecular complexity index is 1020. The van der Waals surface area contributed by atoms with Crippen LogP contribution in [0.4, 0.5) is 23.0 Å². The number of nitrogens with zero attached hydrogens (tertiary/aromatic N) is 5. The number of carbonyl (C=O) groups is 1. The molecule has 1 amide bonds. The molecule has 1 fully saturated rings. The van der Waals surface area contributed by atoms with E-state index in [9.17, 15) is 4.79 Å². The zero-order valence-corrected chi connectivity index (χ0v) is 16.4. The number of nitrogens with one attached hydrogen (secondary N) is 1. The number of aromatic nitrogens is 2. The van der Waals surface area contributed by atoms with Crippen molar-refractivity contribution in [3.05, 3.63) is 71.5 Å². The third kappa shape index (κ3) is 4.75. The van der Waals surface area contributed by atoms with Gasteiger partial charge in [-0.1, -0.05) is 29.8 Å². The van der Waals surface area contributed by atoms with Crippen LogP contribution in [0.2, 0.25) is 5.02 Å². The average molecular weight is 407 g/mol. The molecule has 2 aromatic carbocycles. The summed E-state index contributed by atoms with van der Waals surface area (Å²) in [5.41, 5.74) is 2.24. The molecule has 146 valence electrons. The molecule has 4 rings (SSSR count). The Balaban J connectivity index is 1.44. The highest BCUT2D eigenvalue weighted by Gasteiger charge is 2.19. The standard InChI is InChI=1S/C21H19ClN6O/c22-18-14-23-21(28-12-4-5-13-28)25-19(18)20(29)24-15-8-10-17(11-9-15)27-26-16-6-2-1-3-7-16/h1-3,6-11,14H,4-5,12-13H2,(H,24,29). The highest BCUT2D eigenvalue weighted by atomic mass is 35.5. The van der Waals surface area contributed by atoms with Crippen LogP contribution in [0.15, 0.2) is 71.0 Å². The second kappa shape index (κ2) is 8.79. The summed E-state index contributed by atoms with van der Waals surface area (Å²) in [5, 5.41) is 11.4. The Hall–Kier alpha value is -3.32. The lowest BCUT2D eigenvalue weighted by molar-refractivity contribution is 0.102. The van der Waals surface area contributed by atoms with Gasteiger partial charge in [-0.15, -0.1) is 0 Å². The average Bonchev–Trinajstić information content (AvgIpc) is 3.29. The summed E-state index contributed by atoms with van der Waals surface area (Å²) in [6, 6.07) is 16.6. The van der Waals surface area contributed by atoms with Crippen molar-refractivity contribution in [1.29, 1.82) is 0 Å². The van der Waals surface area contributed by atoms with Gasteiger partial charge in [-0.3, -0.25) is 4.79 Å². The van der Waals surface area contributed by atoms with Crippen molar-refractivity contribution in [3.8, 4) is 0 Å². The summed E-state index contributed by atoms with van der Waals surface area (Å²) < 4.78 is 0. The van der Waals surface area contributed by atoms with E-state index >= 15 is 0 Å². The van der Waals surface area contributed by atoms with Crippen molar-refractivity contribution in [3.63, 3.8) is 0 Å². The van der Waals surface area contributed by atoms with Gasteiger partial charge >= 0.3 is 0 Å². The summed E-state index contributed by atoms with van der Waals surface area (Å²) in [7, 11) is 0. The number of hydrogen-bond acceptors (Lipinski definition) is 6. The van der Waals surface area contributed by atoms with Gasteiger partial charge in [0.05, 0.1) is 22.6 Å². The van der Waals surface area contributed by atoms with E-state index in [1.54, 1.807) is 24.3 Å². The molecule has 0 unspecified atom stereocenters. The molecule has 1 N–H and O–H groups in total. The van der Waals surface area contributed by atoms with Crippen LogP contribution in [0.5, 0.6) is 0 Å². The van der Waals surface area contributed by atoms with Gasteiger partial charge in [0.15, 0.2) is 5.69 Å². The normalized spacial score (nSPS) is 13.8. The van der Waals surface area contributed by atoms with E-state index in [0.717, 1.165) is 31.6 Å². The zero-order valence-electron chi connectivity index (χ0n) is 15.6. The topological polar surface area (TPSA) is 82.8 Å². The monoisotopic (exact) mass is 406 g/mol. The Kier molecular flexibility index (Phi) is 5.76. The predicted octanol–water partition coefficient (Wildman–Crippen LogP) is 5.40. The SMILES string of the molecule is O=C(Nc1ccc(N=Nc2ccccc2)cc1)c1nc(N2CCCC2)ncc1Cl. The van der Waals surface area contributed by atoms with Crippen LogP contribution < -0.4 is 10.2 Å². The second-order valence-electron chi connectivity index (χ2n) is 6.60. The van der Waals surface area contributed by atoms with Crippen molar-refractivity contribution >= 4 is 40.5 Å². The van der Waals surface area contributed by atoms with Crippen molar-refractivity contribution in [2.45, 2.75) is 12.8 Å². The fourth-order valence-electron chi connectivity index (χ4n) is 3.00. The number of hydrogen-bond donors (Lipinski definition) is 1. The molecular weight excluding hydrogens is 388 g/mol. The van der Waals surface area contributed by atoms with Gasteiger partial charge in [-0.25, -0.2) is 9.97 Å². The zero-order chi connectivity index (χ0) is 20.1. The van der Waals surface area contributed by atoms with Crippen LogP contribution in [0.3, 0.4) is 0 Å². The molecule has 0 atom stereocenters. The molecule has 0 spiro atoms. The first-order chi connectivity index (χ1) is 14.2. The van der Waals surface area contributed by atoms with Gasteiger partial charge in [0.2, 0.25) is 5.95 Å². The van der Waals surface area contributed by atoms with E-state index in [1.165, 1.54) is 6.20 Å². The van der Waals surface area contributed by atoms with Crippen LogP contribution in [0.1, 0.15) is 23.3 Å². The maximum absolute atomic E-state index is 12.7. The van der Waals surface area contributed by atoms with E-state index in [0.29, 0.717) is 17.3 Å². The molecular formula is C21H19ClN6O. The molecule has 0 saturated carbocycles. The molecule has 1 aliphatic heterocycles. The number of amides is 1. The first-order valence-corrected chi connectivity index (χ1v) is 9.72. The molecule has 1 saturated heterocycles. The number of rotatable bonds is 5. The van der Waals surface area contributed by atoms with Gasteiger partial charge in [0.1, 0.15) is 0 Å². The summed E-state index contributed by atoms with van der Waals surface area (Å²) in [6.45, 7) is 1.78. The van der Waals surface area contributed by atoms with Crippen molar-refractivity contribution in [2.75, 3.05) is 23.3 Å². The van der Waals surface area contributed by atoms with Gasteiger partial charge in [-0.05, 0) is 49.2 Å². The Morgan fingerprint density at radius 3 is 2.31 bits per heavy atom. The van der Waals surface area contributed by atoms with Gasteiger partial charge in [-0.2, -0.15) is 10.2 Å². The van der Waals surface area contributed by atoms with E-state index in [1.807, 2.05) is 30.3 Å². The Morgan fingerprint density at radius 2 is 1.62 bits per heavy atom. The van der Waals surface area contributed by atoms with E-state index < -0.39 is 0 Å². The lowest BCUT2D eigenvalue weighted by atomic mass is 10.2. The van der Waals surface area contributed by atoms with Gasteiger partial charge < -0.3 is 10.2 Å². The van der Waals surface area contributed by atoms with Crippen molar-refractivity contribution < 1.29 is 4.79 Å². The van der Waals surface area contributed by atoms with E-state index in [-0.39, 0.29) is 16.6 Å². The maximum Gasteiger partial charge on any atom is 0.276 e. The number of halogens is 1. The molecule has 1 aliphatic rings. The Morgan fingerprint density at radius 1 is 0.966 bits per heavy atom. The van der Waals surface area contributed by atoms with Crippen LogP contribution in [0.25, 0.3) is 0 Å². The van der Waals surface area contributed by atoms with Crippen molar-refractivity contribution in [1.82, 2.24) is 9.97 Å². The third-order valence-electron chi connectivity index (χ3n) is 4.50. The van der Waals surface area contributed by atoms with Gasteiger partial charge in [0, 0.05) is 18.8 Å². The number of azo groups is 1. The minimum absolute atomic E-state index is 0.163. The summed E-state index contributed by atoms with van der Waals surface area (Å²) >= 11 is 6.16. The fourth-order valence-corrected chi connectivity index (χ4v) is 3.18. The second-order valence-corrected chi connectivity index (χ2v) is 7.00. The number of anilines is 2. The number of carbonyl (C=O) groups excluding carboxylic acids is 1. The molecule has 0 radical (unpaired) electrons. The molecule has 8 heteroatoms. The van der Waals surface area contributed by atoms with Gasteiger partial charge in [0.25, 0.3) is 5.91 Å². The smallest absolute Gasteiger partial charge is 0.276 e. The van der Waals surface area contributed by atoms with Crippen molar-refractivity contribution in [2.24, 2.45) is 10.2 Å².